The largest absolute Gasteiger partial charge is 0.505 e. The van der Waals surface area contributed by atoms with Crippen LogP contribution in [-0.4, -0.2) is 23.5 Å². The van der Waals surface area contributed by atoms with Gasteiger partial charge in [-0.3, -0.25) is 4.79 Å². The van der Waals surface area contributed by atoms with Crippen molar-refractivity contribution in [2.45, 2.75) is 6.92 Å². The van der Waals surface area contributed by atoms with Gasteiger partial charge in [-0.15, -0.1) is 0 Å². The average molecular weight is 263 g/mol. The van der Waals surface area contributed by atoms with Crippen LogP contribution in [0.4, 0.5) is 0 Å². The molecular formula is C10H8Cl2O4. The van der Waals surface area contributed by atoms with Gasteiger partial charge < -0.3 is 9.84 Å². The van der Waals surface area contributed by atoms with Gasteiger partial charge in [0.15, 0.2) is 5.75 Å². The fraction of sp³-hybridized carbons (Fsp3) is 0.200. The van der Waals surface area contributed by atoms with Crippen LogP contribution in [0.15, 0.2) is 12.1 Å². The van der Waals surface area contributed by atoms with Crippen LogP contribution in [0.5, 0.6) is 5.75 Å². The number of ether oxygens (including phenoxy) is 1. The number of esters is 1. The number of hydrogen-bond donors (Lipinski definition) is 1. The Hall–Kier alpha value is -1.26. The third-order valence-electron chi connectivity index (χ3n) is 1.74. The van der Waals surface area contributed by atoms with Crippen LogP contribution < -0.4 is 0 Å². The van der Waals surface area contributed by atoms with E-state index in [4.69, 9.17) is 23.2 Å². The minimum absolute atomic E-state index is 0.0220. The molecule has 1 rings (SSSR count). The summed E-state index contributed by atoms with van der Waals surface area (Å²) >= 11 is 11.2. The van der Waals surface area contributed by atoms with Gasteiger partial charge in [-0.2, -0.15) is 0 Å². The first-order chi connectivity index (χ1) is 7.47. The molecule has 0 unspecified atom stereocenters. The fourth-order valence-electron chi connectivity index (χ4n) is 1.01. The van der Waals surface area contributed by atoms with E-state index in [1.807, 2.05) is 0 Å². The summed E-state index contributed by atoms with van der Waals surface area (Å²) in [5.74, 6) is -2.17. The molecule has 4 nitrogen and oxygen atoms in total. The maximum absolute atomic E-state index is 11.5. The Balaban J connectivity index is 3.06. The van der Waals surface area contributed by atoms with Crippen LogP contribution in [-0.2, 0) is 9.53 Å². The topological polar surface area (TPSA) is 63.6 Å². The van der Waals surface area contributed by atoms with Gasteiger partial charge in [0.2, 0.25) is 0 Å². The number of aromatic hydroxyl groups is 1. The molecule has 0 bridgehead atoms. The quantitative estimate of drug-likeness (QED) is 0.516. The molecule has 0 radical (unpaired) electrons. The standard InChI is InChI=1S/C10H8Cl2O4/c1-2-16-10(15)8(13)5-3-6(11)9(14)7(12)4-5/h3-4,14H,2H2,1H3. The van der Waals surface area contributed by atoms with E-state index in [1.165, 1.54) is 0 Å². The summed E-state index contributed by atoms with van der Waals surface area (Å²) in [4.78, 5) is 22.6. The summed E-state index contributed by atoms with van der Waals surface area (Å²) in [6.45, 7) is 1.69. The Morgan fingerprint density at radius 1 is 1.31 bits per heavy atom. The van der Waals surface area contributed by atoms with Crippen molar-refractivity contribution in [1.82, 2.24) is 0 Å². The third kappa shape index (κ3) is 2.65. The van der Waals surface area contributed by atoms with Gasteiger partial charge in [-0.1, -0.05) is 23.2 Å². The molecule has 0 heterocycles. The molecule has 0 aliphatic carbocycles. The number of halogens is 2. The molecule has 0 atom stereocenters. The van der Waals surface area contributed by atoms with Crippen molar-refractivity contribution in [2.75, 3.05) is 6.61 Å². The summed E-state index contributed by atoms with van der Waals surface area (Å²) in [7, 11) is 0. The van der Waals surface area contributed by atoms with Crippen LogP contribution in [0.2, 0.25) is 10.0 Å². The van der Waals surface area contributed by atoms with E-state index in [2.05, 4.69) is 4.74 Å². The summed E-state index contributed by atoms with van der Waals surface area (Å²) in [6.07, 6.45) is 0. The summed E-state index contributed by atoms with van der Waals surface area (Å²) in [5.41, 5.74) is -0.0220. The van der Waals surface area contributed by atoms with Crippen molar-refractivity contribution in [3.63, 3.8) is 0 Å². The van der Waals surface area contributed by atoms with Gasteiger partial charge in [0, 0.05) is 5.56 Å². The monoisotopic (exact) mass is 262 g/mol. The van der Waals surface area contributed by atoms with E-state index in [-0.39, 0.29) is 28.0 Å². The Morgan fingerprint density at radius 2 is 1.81 bits per heavy atom. The lowest BCUT2D eigenvalue weighted by Gasteiger charge is -2.04. The van der Waals surface area contributed by atoms with Crippen molar-refractivity contribution < 1.29 is 19.4 Å². The Kier molecular flexibility index (Phi) is 4.15. The molecule has 0 saturated carbocycles. The lowest BCUT2D eigenvalue weighted by atomic mass is 10.1. The molecule has 0 saturated heterocycles. The van der Waals surface area contributed by atoms with Crippen LogP contribution in [0.3, 0.4) is 0 Å². The molecule has 86 valence electrons. The molecule has 0 spiro atoms. The summed E-state index contributed by atoms with van der Waals surface area (Å²) < 4.78 is 4.53. The molecule has 0 fully saturated rings. The Bertz CT molecular complexity index is 419. The Morgan fingerprint density at radius 3 is 2.25 bits per heavy atom. The first kappa shape index (κ1) is 12.8. The van der Waals surface area contributed by atoms with E-state index in [0.29, 0.717) is 0 Å². The highest BCUT2D eigenvalue weighted by Gasteiger charge is 2.20. The number of rotatable bonds is 3. The number of ketones is 1. The number of hydrogen-bond acceptors (Lipinski definition) is 4. The zero-order chi connectivity index (χ0) is 12.3. The molecule has 0 aliphatic rings. The molecule has 1 aromatic carbocycles. The highest BCUT2D eigenvalue weighted by atomic mass is 35.5. The van der Waals surface area contributed by atoms with Gasteiger partial charge in [-0.25, -0.2) is 4.79 Å². The summed E-state index contributed by atoms with van der Waals surface area (Å²) in [5, 5.41) is 9.07. The minimum Gasteiger partial charge on any atom is -0.505 e. The van der Waals surface area contributed by atoms with Gasteiger partial charge in [0.1, 0.15) is 0 Å². The predicted octanol–water partition coefficient (Wildman–Crippen LogP) is 2.44. The zero-order valence-electron chi connectivity index (χ0n) is 8.29. The van der Waals surface area contributed by atoms with Crippen LogP contribution in [0.1, 0.15) is 17.3 Å². The number of phenolic OH excluding ortho intramolecular Hbond substituents is 1. The lowest BCUT2D eigenvalue weighted by Crippen LogP contribution is -2.17. The van der Waals surface area contributed by atoms with Gasteiger partial charge in [0.05, 0.1) is 16.7 Å². The molecule has 0 aromatic heterocycles. The number of carbonyl (C=O) groups is 2. The van der Waals surface area contributed by atoms with Gasteiger partial charge >= 0.3 is 5.97 Å². The smallest absolute Gasteiger partial charge is 0.379 e. The predicted molar refractivity (Wildman–Crippen MR) is 59.1 cm³/mol. The molecule has 1 N–H and O–H groups in total. The van der Waals surface area contributed by atoms with Crippen molar-refractivity contribution in [1.29, 1.82) is 0 Å². The van der Waals surface area contributed by atoms with Crippen molar-refractivity contribution in [3.05, 3.63) is 27.7 Å². The molecule has 16 heavy (non-hydrogen) atoms. The SMILES string of the molecule is CCOC(=O)C(=O)c1cc(Cl)c(O)c(Cl)c1. The third-order valence-corrected chi connectivity index (χ3v) is 2.32. The first-order valence-corrected chi connectivity index (χ1v) is 5.12. The maximum atomic E-state index is 11.5. The first-order valence-electron chi connectivity index (χ1n) is 4.36. The second-order valence-electron chi connectivity index (χ2n) is 2.84. The van der Waals surface area contributed by atoms with E-state index in [0.717, 1.165) is 12.1 Å². The maximum Gasteiger partial charge on any atom is 0.379 e. The number of Topliss-reactive ketones (excluding diaryl/α,β-unsaturated/α-hetero) is 1. The number of benzene rings is 1. The normalized spacial score (nSPS) is 9.94. The fourth-order valence-corrected chi connectivity index (χ4v) is 1.50. The Labute approximate surface area is 102 Å². The highest BCUT2D eigenvalue weighted by molar-refractivity contribution is 6.43. The van der Waals surface area contributed by atoms with Crippen LogP contribution in [0, 0.1) is 0 Å². The van der Waals surface area contributed by atoms with E-state index < -0.39 is 11.8 Å². The van der Waals surface area contributed by atoms with E-state index >= 15 is 0 Å². The van der Waals surface area contributed by atoms with Crippen LogP contribution >= 0.6 is 23.2 Å². The molecule has 0 amide bonds. The zero-order valence-corrected chi connectivity index (χ0v) is 9.80. The second kappa shape index (κ2) is 5.18. The lowest BCUT2D eigenvalue weighted by molar-refractivity contribution is -0.137. The van der Waals surface area contributed by atoms with Crippen molar-refractivity contribution in [2.24, 2.45) is 0 Å². The van der Waals surface area contributed by atoms with Crippen LogP contribution in [0.25, 0.3) is 0 Å². The molecular weight excluding hydrogens is 255 g/mol. The number of phenols is 1. The van der Waals surface area contributed by atoms with E-state index in [1.54, 1.807) is 6.92 Å². The highest BCUT2D eigenvalue weighted by Crippen LogP contribution is 2.32. The summed E-state index contributed by atoms with van der Waals surface area (Å²) in [6, 6.07) is 2.31. The molecule has 6 heteroatoms. The average Bonchev–Trinajstić information content (AvgIpc) is 2.24. The molecule has 0 aliphatic heterocycles. The van der Waals surface area contributed by atoms with Gasteiger partial charge in [-0.05, 0) is 19.1 Å². The molecule has 1 aromatic rings. The minimum atomic E-state index is -0.986. The second-order valence-corrected chi connectivity index (χ2v) is 3.65. The number of carbonyl (C=O) groups excluding carboxylic acids is 2. The van der Waals surface area contributed by atoms with Crippen molar-refractivity contribution in [3.8, 4) is 5.75 Å². The van der Waals surface area contributed by atoms with E-state index in [9.17, 15) is 14.7 Å². The van der Waals surface area contributed by atoms with Gasteiger partial charge in [0.25, 0.3) is 5.78 Å². The van der Waals surface area contributed by atoms with Crippen molar-refractivity contribution >= 4 is 35.0 Å².